The number of fused-ring (bicyclic) bond motifs is 3. The number of carbonyl (C=O) groups is 2. The van der Waals surface area contributed by atoms with Gasteiger partial charge >= 0.3 is 11.7 Å². The highest BCUT2D eigenvalue weighted by molar-refractivity contribution is 6.07. The van der Waals surface area contributed by atoms with Crippen molar-refractivity contribution in [3.8, 4) is 0 Å². The molecule has 156 valence electrons. The van der Waals surface area contributed by atoms with E-state index in [4.69, 9.17) is 4.98 Å². The molecular formula is C22H20N6O3. The van der Waals surface area contributed by atoms with E-state index in [1.807, 2.05) is 36.4 Å². The smallest absolute Gasteiger partial charge is 0.326 e. The molecule has 1 fully saturated rings. The van der Waals surface area contributed by atoms with Crippen molar-refractivity contribution in [1.29, 1.82) is 0 Å². The monoisotopic (exact) mass is 416 g/mol. The van der Waals surface area contributed by atoms with Crippen LogP contribution in [-0.4, -0.2) is 48.9 Å². The molecule has 2 aromatic carbocycles. The predicted molar refractivity (Wildman–Crippen MR) is 114 cm³/mol. The number of benzene rings is 2. The van der Waals surface area contributed by atoms with E-state index in [2.05, 4.69) is 15.3 Å². The Morgan fingerprint density at radius 2 is 1.81 bits per heavy atom. The van der Waals surface area contributed by atoms with E-state index in [0.29, 0.717) is 25.8 Å². The summed E-state index contributed by atoms with van der Waals surface area (Å²) in [4.78, 5) is 49.1. The first-order chi connectivity index (χ1) is 14.9. The van der Waals surface area contributed by atoms with Crippen LogP contribution in [0.1, 0.15) is 17.0 Å². The maximum absolute atomic E-state index is 12.5. The number of aryl methyl sites for hydroxylation is 2. The fourth-order valence-electron chi connectivity index (χ4n) is 4.93. The second-order valence-electron chi connectivity index (χ2n) is 8.37. The molecule has 6 rings (SSSR count). The molecule has 9 heteroatoms. The van der Waals surface area contributed by atoms with Gasteiger partial charge in [0.25, 0.3) is 5.91 Å². The number of rotatable bonds is 3. The van der Waals surface area contributed by atoms with Crippen molar-refractivity contribution >= 4 is 34.0 Å². The van der Waals surface area contributed by atoms with Gasteiger partial charge in [0, 0.05) is 32.9 Å². The van der Waals surface area contributed by atoms with E-state index in [-0.39, 0.29) is 17.6 Å². The van der Waals surface area contributed by atoms with Crippen LogP contribution in [0.5, 0.6) is 0 Å². The van der Waals surface area contributed by atoms with Gasteiger partial charge in [-0.1, -0.05) is 12.1 Å². The van der Waals surface area contributed by atoms with Gasteiger partial charge in [0.2, 0.25) is 0 Å². The highest BCUT2D eigenvalue weighted by atomic mass is 16.2. The van der Waals surface area contributed by atoms with Crippen LogP contribution in [0.3, 0.4) is 0 Å². The van der Waals surface area contributed by atoms with Gasteiger partial charge in [-0.3, -0.25) is 14.7 Å². The Hall–Kier alpha value is -3.88. The number of nitrogens with zero attached hydrogens (tertiary/aromatic N) is 3. The molecule has 1 aliphatic carbocycles. The SMILES string of the molecule is CN1C(=O)NC(=O)C12Cc1cc3nc(CCn4c(=O)[nH]c5ccccc54)[nH]c3cc1C2. The number of hydrogen-bond acceptors (Lipinski definition) is 4. The van der Waals surface area contributed by atoms with Gasteiger partial charge in [0.05, 0.1) is 22.1 Å². The molecule has 1 spiro atoms. The number of para-hydroxylation sites is 2. The van der Waals surface area contributed by atoms with E-state index in [1.54, 1.807) is 11.6 Å². The Labute approximate surface area is 176 Å². The average Bonchev–Trinajstić information content (AvgIpc) is 3.45. The summed E-state index contributed by atoms with van der Waals surface area (Å²) >= 11 is 0. The van der Waals surface area contributed by atoms with Gasteiger partial charge in [-0.2, -0.15) is 0 Å². The topological polar surface area (TPSA) is 116 Å². The average molecular weight is 416 g/mol. The van der Waals surface area contributed by atoms with Crippen molar-refractivity contribution in [1.82, 2.24) is 29.7 Å². The zero-order chi connectivity index (χ0) is 21.3. The first kappa shape index (κ1) is 17.9. The second kappa shape index (κ2) is 6.07. The first-order valence-electron chi connectivity index (χ1n) is 10.2. The Morgan fingerprint density at radius 3 is 2.58 bits per heavy atom. The van der Waals surface area contributed by atoms with Gasteiger partial charge in [-0.15, -0.1) is 0 Å². The quantitative estimate of drug-likeness (QED) is 0.439. The van der Waals surface area contributed by atoms with Crippen LogP contribution >= 0.6 is 0 Å². The maximum Gasteiger partial charge on any atom is 0.326 e. The molecule has 0 bridgehead atoms. The zero-order valence-electron chi connectivity index (χ0n) is 16.9. The number of likely N-dealkylation sites (N-methyl/N-ethyl adjacent to an activating group) is 1. The molecule has 2 aromatic heterocycles. The van der Waals surface area contributed by atoms with Crippen LogP contribution in [0, 0.1) is 0 Å². The molecule has 1 unspecified atom stereocenters. The number of nitrogens with one attached hydrogen (secondary N) is 3. The highest BCUT2D eigenvalue weighted by Gasteiger charge is 2.54. The summed E-state index contributed by atoms with van der Waals surface area (Å²) in [6.45, 7) is 0.512. The Morgan fingerprint density at radius 1 is 1.03 bits per heavy atom. The number of imide groups is 1. The summed E-state index contributed by atoms with van der Waals surface area (Å²) in [5, 5.41) is 2.42. The van der Waals surface area contributed by atoms with E-state index >= 15 is 0 Å². The number of urea groups is 1. The highest BCUT2D eigenvalue weighted by Crippen LogP contribution is 2.38. The Bertz CT molecular complexity index is 1420. The van der Waals surface area contributed by atoms with E-state index in [0.717, 1.165) is 39.0 Å². The number of H-pyrrole nitrogens is 2. The van der Waals surface area contributed by atoms with Crippen molar-refractivity contribution in [2.75, 3.05) is 7.05 Å². The van der Waals surface area contributed by atoms with Gasteiger partial charge < -0.3 is 14.9 Å². The van der Waals surface area contributed by atoms with E-state index in [9.17, 15) is 14.4 Å². The number of hydrogen-bond donors (Lipinski definition) is 3. The van der Waals surface area contributed by atoms with Crippen molar-refractivity contribution in [2.24, 2.45) is 0 Å². The number of carbonyl (C=O) groups excluding carboxylic acids is 2. The summed E-state index contributed by atoms with van der Waals surface area (Å²) in [5.41, 5.74) is 4.53. The third kappa shape index (κ3) is 2.49. The molecule has 3 amide bonds. The van der Waals surface area contributed by atoms with Crippen LogP contribution in [0.15, 0.2) is 41.2 Å². The fourth-order valence-corrected chi connectivity index (χ4v) is 4.93. The van der Waals surface area contributed by atoms with Gasteiger partial charge in [-0.05, 0) is 35.4 Å². The molecule has 1 aliphatic heterocycles. The minimum Gasteiger partial charge on any atom is -0.342 e. The van der Waals surface area contributed by atoms with Crippen LogP contribution in [0.4, 0.5) is 4.79 Å². The predicted octanol–water partition coefficient (Wildman–Crippen LogP) is 1.47. The largest absolute Gasteiger partial charge is 0.342 e. The third-order valence-corrected chi connectivity index (χ3v) is 6.66. The molecule has 9 nitrogen and oxygen atoms in total. The lowest BCUT2D eigenvalue weighted by Crippen LogP contribution is -2.48. The van der Waals surface area contributed by atoms with Crippen LogP contribution in [-0.2, 0) is 30.6 Å². The standard InChI is InChI=1S/C22H20N6O3/c1-27-20(30)26-19(29)22(27)10-12-8-15-16(9-13(12)11-22)24-18(23-15)6-7-28-17-5-3-2-4-14(17)25-21(28)31/h2-5,8-9H,6-7,10-11H2,1H3,(H,23,24)(H,25,31)(H,26,29,30). The minimum absolute atomic E-state index is 0.130. The number of imidazole rings is 2. The third-order valence-electron chi connectivity index (χ3n) is 6.66. The van der Waals surface area contributed by atoms with E-state index in [1.165, 1.54) is 4.90 Å². The lowest BCUT2D eigenvalue weighted by atomic mass is 9.95. The molecule has 4 aromatic rings. The second-order valence-corrected chi connectivity index (χ2v) is 8.37. The van der Waals surface area contributed by atoms with Gasteiger partial charge in [0.15, 0.2) is 0 Å². The van der Waals surface area contributed by atoms with Crippen molar-refractivity contribution in [3.05, 3.63) is 63.8 Å². The van der Waals surface area contributed by atoms with Gasteiger partial charge in [0.1, 0.15) is 11.4 Å². The normalized spacial score (nSPS) is 17.3. The minimum atomic E-state index is -0.836. The molecule has 3 N–H and O–H groups in total. The molecule has 0 radical (unpaired) electrons. The molecular weight excluding hydrogens is 396 g/mol. The van der Waals surface area contributed by atoms with Crippen molar-refractivity contribution < 1.29 is 9.59 Å². The summed E-state index contributed by atoms with van der Waals surface area (Å²) in [5.74, 6) is 0.564. The molecule has 1 atom stereocenters. The number of amides is 3. The number of aromatic nitrogens is 4. The first-order valence-corrected chi connectivity index (χ1v) is 10.2. The molecule has 2 aliphatic rings. The Kier molecular flexibility index (Phi) is 3.51. The zero-order valence-corrected chi connectivity index (χ0v) is 16.9. The van der Waals surface area contributed by atoms with Crippen LogP contribution in [0.25, 0.3) is 22.1 Å². The summed E-state index contributed by atoms with van der Waals surface area (Å²) in [6, 6.07) is 11.3. The van der Waals surface area contributed by atoms with Crippen LogP contribution < -0.4 is 11.0 Å². The van der Waals surface area contributed by atoms with Gasteiger partial charge in [-0.25, -0.2) is 14.6 Å². The summed E-state index contributed by atoms with van der Waals surface area (Å²) in [7, 11) is 1.67. The molecule has 31 heavy (non-hydrogen) atoms. The lowest BCUT2D eigenvalue weighted by molar-refractivity contribution is -0.125. The summed E-state index contributed by atoms with van der Waals surface area (Å²) in [6.07, 6.45) is 1.56. The van der Waals surface area contributed by atoms with E-state index < -0.39 is 5.54 Å². The Balaban J connectivity index is 1.28. The van der Waals surface area contributed by atoms with Crippen LogP contribution in [0.2, 0.25) is 0 Å². The molecule has 1 saturated heterocycles. The molecule has 0 saturated carbocycles. The summed E-state index contributed by atoms with van der Waals surface area (Å²) < 4.78 is 1.72. The maximum atomic E-state index is 12.5. The van der Waals surface area contributed by atoms with Crippen molar-refractivity contribution in [3.63, 3.8) is 0 Å². The van der Waals surface area contributed by atoms with Crippen molar-refractivity contribution in [2.45, 2.75) is 31.3 Å². The fraction of sp³-hybridized carbons (Fsp3) is 0.273. The lowest BCUT2D eigenvalue weighted by Gasteiger charge is -2.27. The number of aromatic amines is 2. The molecule has 3 heterocycles.